The molecule has 0 N–H and O–H groups in total. The van der Waals surface area contributed by atoms with Gasteiger partial charge in [0, 0.05) is 45.7 Å². The van der Waals surface area contributed by atoms with E-state index in [0.717, 1.165) is 51.0 Å². The summed E-state index contributed by atoms with van der Waals surface area (Å²) in [6.07, 6.45) is 0. The highest BCUT2D eigenvalue weighted by Crippen LogP contribution is 2.45. The summed E-state index contributed by atoms with van der Waals surface area (Å²) in [6, 6.07) is 56.4. The standard InChI is InChI=1S/C42H26B2N2O2/c1-3-13-27(14-4-1)45-33-19-9-7-17-29(33)43-31-25-32-40(48-39-24-12-23-38-42(39)44(32)30-18-8-10-22-37(30)47-38)26-36(31)46(28-15-5-2-6-16-28)35-21-11-20-34(45)41(35)43/h1-26H. The molecule has 11 rings (SSSR count). The summed E-state index contributed by atoms with van der Waals surface area (Å²) in [6.45, 7) is 0.0241. The predicted molar refractivity (Wildman–Crippen MR) is 198 cm³/mol. The van der Waals surface area contributed by atoms with Gasteiger partial charge in [-0.25, -0.2) is 0 Å². The highest BCUT2D eigenvalue weighted by molar-refractivity contribution is 7.02. The molecule has 0 radical (unpaired) electrons. The summed E-state index contributed by atoms with van der Waals surface area (Å²) in [5.41, 5.74) is 14.3. The van der Waals surface area contributed by atoms with E-state index in [4.69, 9.17) is 9.47 Å². The van der Waals surface area contributed by atoms with Gasteiger partial charge in [-0.15, -0.1) is 0 Å². The molecule has 0 aromatic heterocycles. The third-order valence-corrected chi connectivity index (χ3v) is 10.4. The fraction of sp³-hybridized carbons (Fsp3) is 0. The van der Waals surface area contributed by atoms with Crippen LogP contribution >= 0.6 is 0 Å². The van der Waals surface area contributed by atoms with Gasteiger partial charge in [0.2, 0.25) is 0 Å². The molecule has 4 heterocycles. The predicted octanol–water partition coefficient (Wildman–Crippen LogP) is 6.50. The zero-order valence-corrected chi connectivity index (χ0v) is 25.9. The van der Waals surface area contributed by atoms with Crippen molar-refractivity contribution in [2.24, 2.45) is 0 Å². The molecule has 7 aromatic carbocycles. The summed E-state index contributed by atoms with van der Waals surface area (Å²) >= 11 is 0. The van der Waals surface area contributed by atoms with Crippen LogP contribution in [0.4, 0.5) is 34.1 Å². The molecule has 0 aliphatic carbocycles. The largest absolute Gasteiger partial charge is 0.458 e. The Morgan fingerprint density at radius 2 is 0.854 bits per heavy atom. The van der Waals surface area contributed by atoms with E-state index in [0.29, 0.717) is 0 Å². The quantitative estimate of drug-likeness (QED) is 0.209. The van der Waals surface area contributed by atoms with Gasteiger partial charge in [-0.2, -0.15) is 0 Å². The average Bonchev–Trinajstić information content (AvgIpc) is 3.14. The minimum Gasteiger partial charge on any atom is -0.458 e. The lowest BCUT2D eigenvalue weighted by Gasteiger charge is -2.44. The van der Waals surface area contributed by atoms with Gasteiger partial charge in [-0.1, -0.05) is 91.0 Å². The first kappa shape index (κ1) is 26.0. The lowest BCUT2D eigenvalue weighted by atomic mass is 9.31. The van der Waals surface area contributed by atoms with Crippen molar-refractivity contribution in [1.29, 1.82) is 0 Å². The van der Waals surface area contributed by atoms with Gasteiger partial charge >= 0.3 is 0 Å². The number of benzene rings is 7. The monoisotopic (exact) mass is 612 g/mol. The van der Waals surface area contributed by atoms with Crippen molar-refractivity contribution in [3.63, 3.8) is 0 Å². The Morgan fingerprint density at radius 3 is 1.58 bits per heavy atom. The second kappa shape index (κ2) is 9.69. The van der Waals surface area contributed by atoms with E-state index in [1.807, 2.05) is 6.07 Å². The number of para-hydroxylation sites is 4. The number of ether oxygens (including phenoxy) is 2. The molecule has 0 saturated heterocycles. The number of anilines is 6. The maximum Gasteiger partial charge on any atom is 0.260 e. The molecule has 48 heavy (non-hydrogen) atoms. The zero-order valence-electron chi connectivity index (χ0n) is 25.9. The average molecular weight is 612 g/mol. The number of nitrogens with zero attached hydrogens (tertiary/aromatic N) is 2. The number of fused-ring (bicyclic) bond motifs is 8. The van der Waals surface area contributed by atoms with Crippen LogP contribution in [0, 0.1) is 0 Å². The Balaban J connectivity index is 1.23. The van der Waals surface area contributed by atoms with Crippen LogP contribution in [-0.2, 0) is 0 Å². The van der Waals surface area contributed by atoms with Gasteiger partial charge in [0.25, 0.3) is 13.4 Å². The van der Waals surface area contributed by atoms with Crippen LogP contribution in [0.5, 0.6) is 23.0 Å². The van der Waals surface area contributed by atoms with Crippen LogP contribution in [0.15, 0.2) is 158 Å². The van der Waals surface area contributed by atoms with Crippen molar-refractivity contribution in [1.82, 2.24) is 0 Å². The van der Waals surface area contributed by atoms with E-state index in [1.165, 1.54) is 38.9 Å². The molecule has 7 aromatic rings. The molecule has 4 aliphatic rings. The van der Waals surface area contributed by atoms with Crippen LogP contribution in [0.25, 0.3) is 0 Å². The summed E-state index contributed by atoms with van der Waals surface area (Å²) in [5, 5.41) is 0. The van der Waals surface area contributed by atoms with E-state index in [9.17, 15) is 0 Å². The van der Waals surface area contributed by atoms with Crippen molar-refractivity contribution in [3.8, 4) is 23.0 Å². The maximum atomic E-state index is 6.81. The Kier molecular flexibility index (Phi) is 5.25. The summed E-state index contributed by atoms with van der Waals surface area (Å²) in [4.78, 5) is 4.85. The Hall–Kier alpha value is -6.13. The first-order chi connectivity index (χ1) is 23.8. The second-order valence-electron chi connectivity index (χ2n) is 12.8. The van der Waals surface area contributed by atoms with Gasteiger partial charge in [0.05, 0.1) is 0 Å². The molecular weight excluding hydrogens is 586 g/mol. The normalized spacial score (nSPS) is 14.0. The first-order valence-electron chi connectivity index (χ1n) is 16.5. The van der Waals surface area contributed by atoms with E-state index < -0.39 is 0 Å². The lowest BCUT2D eigenvalue weighted by Crippen LogP contribution is -2.63. The lowest BCUT2D eigenvalue weighted by molar-refractivity contribution is 0.464. The molecule has 0 unspecified atom stereocenters. The third-order valence-electron chi connectivity index (χ3n) is 10.4. The van der Waals surface area contributed by atoms with Gasteiger partial charge in [-0.05, 0) is 88.0 Å². The van der Waals surface area contributed by atoms with E-state index in [1.54, 1.807) is 0 Å². The molecule has 0 saturated carbocycles. The molecule has 0 bridgehead atoms. The molecule has 6 heteroatoms. The number of rotatable bonds is 2. The van der Waals surface area contributed by atoms with Gasteiger partial charge in [0.15, 0.2) is 0 Å². The van der Waals surface area contributed by atoms with Gasteiger partial charge in [-0.3, -0.25) is 0 Å². The van der Waals surface area contributed by atoms with Crippen LogP contribution < -0.4 is 52.1 Å². The molecular formula is C42H26B2N2O2. The van der Waals surface area contributed by atoms with Crippen LogP contribution in [0.3, 0.4) is 0 Å². The van der Waals surface area contributed by atoms with Gasteiger partial charge < -0.3 is 19.3 Å². The summed E-state index contributed by atoms with van der Waals surface area (Å²) in [7, 11) is 0. The SMILES string of the molecule is c1ccc(N2c3ccccc3B3c4cc5c(cc4N(c4ccccc4)c4cccc2c43)Oc2cccc3c2B5c2ccccc2O3)cc1. The minimum atomic E-state index is -0.00309. The van der Waals surface area contributed by atoms with E-state index in [2.05, 4.69) is 161 Å². The van der Waals surface area contributed by atoms with Crippen molar-refractivity contribution < 1.29 is 9.47 Å². The fourth-order valence-electron chi connectivity index (χ4n) is 8.47. The smallest absolute Gasteiger partial charge is 0.260 e. The zero-order chi connectivity index (χ0) is 31.3. The van der Waals surface area contributed by atoms with E-state index >= 15 is 0 Å². The molecule has 0 atom stereocenters. The van der Waals surface area contributed by atoms with Crippen LogP contribution in [0.1, 0.15) is 0 Å². The Labute approximate surface area is 279 Å². The van der Waals surface area contributed by atoms with E-state index in [-0.39, 0.29) is 13.4 Å². The topological polar surface area (TPSA) is 24.9 Å². The Bertz CT molecular complexity index is 2450. The third kappa shape index (κ3) is 3.46. The molecule has 0 spiro atoms. The first-order valence-corrected chi connectivity index (χ1v) is 16.5. The second-order valence-corrected chi connectivity index (χ2v) is 12.8. The Morgan fingerprint density at radius 1 is 0.333 bits per heavy atom. The number of hydrogen-bond acceptors (Lipinski definition) is 4. The highest BCUT2D eigenvalue weighted by Gasteiger charge is 2.46. The number of hydrogen-bond donors (Lipinski definition) is 0. The molecule has 0 fully saturated rings. The van der Waals surface area contributed by atoms with Crippen LogP contribution in [0.2, 0.25) is 0 Å². The molecule has 0 amide bonds. The maximum absolute atomic E-state index is 6.81. The van der Waals surface area contributed by atoms with Crippen molar-refractivity contribution >= 4 is 80.3 Å². The molecule has 4 aliphatic heterocycles. The summed E-state index contributed by atoms with van der Waals surface area (Å²) < 4.78 is 13.3. The van der Waals surface area contributed by atoms with Gasteiger partial charge in [0.1, 0.15) is 23.0 Å². The van der Waals surface area contributed by atoms with Crippen molar-refractivity contribution in [2.75, 3.05) is 9.80 Å². The summed E-state index contributed by atoms with van der Waals surface area (Å²) in [5.74, 6) is 3.50. The minimum absolute atomic E-state index is 0.00309. The molecule has 4 nitrogen and oxygen atoms in total. The van der Waals surface area contributed by atoms with Crippen molar-refractivity contribution in [2.45, 2.75) is 0 Å². The fourth-order valence-corrected chi connectivity index (χ4v) is 8.47. The molecule has 222 valence electrons. The van der Waals surface area contributed by atoms with Crippen molar-refractivity contribution in [3.05, 3.63) is 158 Å². The highest BCUT2D eigenvalue weighted by atomic mass is 16.5. The van der Waals surface area contributed by atoms with Crippen LogP contribution in [-0.4, -0.2) is 13.4 Å².